The van der Waals surface area contributed by atoms with Crippen LogP contribution >= 0.6 is 0 Å². The Kier molecular flexibility index (Phi) is 2.05. The molecule has 72 valence electrons. The van der Waals surface area contributed by atoms with Gasteiger partial charge in [-0.15, -0.1) is 0 Å². The zero-order valence-corrected chi connectivity index (χ0v) is 8.33. The van der Waals surface area contributed by atoms with Crippen LogP contribution < -0.4 is 5.73 Å². The average molecular weight is 186 g/mol. The van der Waals surface area contributed by atoms with E-state index in [2.05, 4.69) is 6.07 Å². The summed E-state index contributed by atoms with van der Waals surface area (Å²) in [5.74, 6) is 0. The van der Waals surface area contributed by atoms with E-state index >= 15 is 0 Å². The smallest absolute Gasteiger partial charge is 0.0973 e. The van der Waals surface area contributed by atoms with Crippen LogP contribution in [0.5, 0.6) is 0 Å². The van der Waals surface area contributed by atoms with Crippen molar-refractivity contribution in [1.29, 1.82) is 5.26 Å². The van der Waals surface area contributed by atoms with Crippen molar-refractivity contribution >= 4 is 0 Å². The maximum Gasteiger partial charge on any atom is 0.0973 e. The maximum atomic E-state index is 9.20. The Morgan fingerprint density at radius 1 is 1.43 bits per heavy atom. The molecule has 0 heterocycles. The first-order valence-corrected chi connectivity index (χ1v) is 4.93. The van der Waals surface area contributed by atoms with E-state index in [-0.39, 0.29) is 6.04 Å². The van der Waals surface area contributed by atoms with Crippen LogP contribution in [-0.2, 0) is 5.41 Å². The molecule has 0 aliphatic heterocycles. The van der Waals surface area contributed by atoms with E-state index in [9.17, 15) is 5.26 Å². The third-order valence-electron chi connectivity index (χ3n) is 3.25. The Morgan fingerprint density at radius 2 is 2.07 bits per heavy atom. The second kappa shape index (κ2) is 3.11. The van der Waals surface area contributed by atoms with E-state index < -0.39 is 5.41 Å². The van der Waals surface area contributed by atoms with Crippen LogP contribution in [0.15, 0.2) is 24.3 Å². The van der Waals surface area contributed by atoms with Gasteiger partial charge in [0.15, 0.2) is 0 Å². The number of rotatable bonds is 1. The van der Waals surface area contributed by atoms with E-state index in [0.717, 1.165) is 18.4 Å². The summed E-state index contributed by atoms with van der Waals surface area (Å²) >= 11 is 0. The summed E-state index contributed by atoms with van der Waals surface area (Å²) < 4.78 is 0. The van der Waals surface area contributed by atoms with Crippen molar-refractivity contribution in [1.82, 2.24) is 0 Å². The van der Waals surface area contributed by atoms with Crippen LogP contribution in [0.25, 0.3) is 0 Å². The molecule has 2 heteroatoms. The molecule has 1 aliphatic carbocycles. The molecule has 1 aromatic carbocycles. The summed E-state index contributed by atoms with van der Waals surface area (Å²) in [7, 11) is 0. The molecule has 0 bridgehead atoms. The Morgan fingerprint density at radius 3 is 2.43 bits per heavy atom. The molecule has 0 saturated heterocycles. The number of hydrogen-bond acceptors (Lipinski definition) is 2. The summed E-state index contributed by atoms with van der Waals surface area (Å²) in [6.07, 6.45) is 1.86. The molecule has 1 saturated carbocycles. The predicted molar refractivity (Wildman–Crippen MR) is 55.7 cm³/mol. The molecule has 2 atom stereocenters. The fourth-order valence-corrected chi connectivity index (χ4v) is 2.01. The van der Waals surface area contributed by atoms with Gasteiger partial charge in [0.05, 0.1) is 11.5 Å². The van der Waals surface area contributed by atoms with Crippen LogP contribution in [0.2, 0.25) is 0 Å². The maximum absolute atomic E-state index is 9.20. The second-order valence-electron chi connectivity index (χ2n) is 4.09. The molecule has 2 rings (SSSR count). The molecule has 0 amide bonds. The lowest BCUT2D eigenvalue weighted by molar-refractivity contribution is 0.263. The number of aryl methyl sites for hydroxylation is 1. The van der Waals surface area contributed by atoms with Gasteiger partial charge in [0.2, 0.25) is 0 Å². The van der Waals surface area contributed by atoms with Crippen molar-refractivity contribution in [2.75, 3.05) is 0 Å². The van der Waals surface area contributed by atoms with E-state index in [1.54, 1.807) is 0 Å². The number of benzene rings is 1. The molecule has 1 aliphatic rings. The van der Waals surface area contributed by atoms with Gasteiger partial charge in [-0.05, 0) is 25.3 Å². The van der Waals surface area contributed by atoms with Crippen LogP contribution in [0, 0.1) is 18.3 Å². The van der Waals surface area contributed by atoms with Gasteiger partial charge in [0.25, 0.3) is 0 Å². The zero-order valence-electron chi connectivity index (χ0n) is 8.33. The second-order valence-corrected chi connectivity index (χ2v) is 4.09. The van der Waals surface area contributed by atoms with Gasteiger partial charge in [0.1, 0.15) is 0 Å². The summed E-state index contributed by atoms with van der Waals surface area (Å²) in [6.45, 7) is 2.05. The van der Waals surface area contributed by atoms with Crippen molar-refractivity contribution in [2.24, 2.45) is 5.73 Å². The molecule has 0 aromatic heterocycles. The summed E-state index contributed by atoms with van der Waals surface area (Å²) in [6, 6.07) is 10.5. The molecule has 0 radical (unpaired) electrons. The van der Waals surface area contributed by atoms with Crippen LogP contribution in [0.1, 0.15) is 24.0 Å². The zero-order chi connectivity index (χ0) is 10.2. The van der Waals surface area contributed by atoms with Gasteiger partial charge in [-0.2, -0.15) is 5.26 Å². The van der Waals surface area contributed by atoms with Gasteiger partial charge in [-0.25, -0.2) is 0 Å². The predicted octanol–water partition coefficient (Wildman–Crippen LogP) is 1.88. The first-order chi connectivity index (χ1) is 6.69. The largest absolute Gasteiger partial charge is 0.326 e. The van der Waals surface area contributed by atoms with Crippen molar-refractivity contribution in [2.45, 2.75) is 31.2 Å². The van der Waals surface area contributed by atoms with E-state index in [4.69, 9.17) is 5.73 Å². The Labute approximate surface area is 84.3 Å². The lowest BCUT2D eigenvalue weighted by Crippen LogP contribution is -2.53. The molecule has 2 nitrogen and oxygen atoms in total. The highest BCUT2D eigenvalue weighted by molar-refractivity contribution is 5.39. The van der Waals surface area contributed by atoms with Gasteiger partial charge in [-0.3, -0.25) is 0 Å². The fourth-order valence-electron chi connectivity index (χ4n) is 2.01. The van der Waals surface area contributed by atoms with Crippen molar-refractivity contribution in [3.63, 3.8) is 0 Å². The summed E-state index contributed by atoms with van der Waals surface area (Å²) in [5.41, 5.74) is 7.80. The Bertz CT molecular complexity index is 374. The van der Waals surface area contributed by atoms with E-state index in [1.807, 2.05) is 31.2 Å². The minimum absolute atomic E-state index is 0.00945. The molecule has 2 N–H and O–H groups in total. The Hall–Kier alpha value is -1.33. The molecule has 1 fully saturated rings. The van der Waals surface area contributed by atoms with Crippen molar-refractivity contribution in [3.8, 4) is 6.07 Å². The molecule has 14 heavy (non-hydrogen) atoms. The quantitative estimate of drug-likeness (QED) is 0.728. The normalized spacial score (nSPS) is 30.5. The summed E-state index contributed by atoms with van der Waals surface area (Å²) in [4.78, 5) is 0. The first-order valence-electron chi connectivity index (χ1n) is 4.93. The van der Waals surface area contributed by atoms with Crippen molar-refractivity contribution < 1.29 is 0 Å². The van der Waals surface area contributed by atoms with E-state index in [1.165, 1.54) is 5.56 Å². The SMILES string of the molecule is Cc1ccc(C2(C#N)CCC2N)cc1. The lowest BCUT2D eigenvalue weighted by atomic mass is 9.62. The van der Waals surface area contributed by atoms with Gasteiger partial charge >= 0.3 is 0 Å². The van der Waals surface area contributed by atoms with Crippen molar-refractivity contribution in [3.05, 3.63) is 35.4 Å². The fraction of sp³-hybridized carbons (Fsp3) is 0.417. The standard InChI is InChI=1S/C12H14N2/c1-9-2-4-10(5-3-9)12(8-13)7-6-11(12)14/h2-5,11H,6-7,14H2,1H3. The highest BCUT2D eigenvalue weighted by atomic mass is 14.7. The summed E-state index contributed by atoms with van der Waals surface area (Å²) in [5, 5.41) is 9.20. The van der Waals surface area contributed by atoms with E-state index in [0.29, 0.717) is 0 Å². The van der Waals surface area contributed by atoms with Gasteiger partial charge < -0.3 is 5.73 Å². The van der Waals surface area contributed by atoms with Gasteiger partial charge in [0, 0.05) is 6.04 Å². The molecule has 0 spiro atoms. The van der Waals surface area contributed by atoms with Crippen LogP contribution in [-0.4, -0.2) is 6.04 Å². The minimum atomic E-state index is -0.409. The van der Waals surface area contributed by atoms with Gasteiger partial charge in [-0.1, -0.05) is 29.8 Å². The minimum Gasteiger partial charge on any atom is -0.326 e. The highest BCUT2D eigenvalue weighted by Crippen LogP contribution is 2.42. The lowest BCUT2D eigenvalue weighted by Gasteiger charge is -2.42. The third kappa shape index (κ3) is 1.13. The highest BCUT2D eigenvalue weighted by Gasteiger charge is 2.46. The topological polar surface area (TPSA) is 49.8 Å². The first kappa shape index (κ1) is 9.23. The molecule has 2 unspecified atom stereocenters. The molecular weight excluding hydrogens is 172 g/mol. The molecule has 1 aromatic rings. The molecular formula is C12H14N2. The monoisotopic (exact) mass is 186 g/mol. The third-order valence-corrected chi connectivity index (χ3v) is 3.25. The number of hydrogen-bond donors (Lipinski definition) is 1. The number of nitrogens with two attached hydrogens (primary N) is 1. The van der Waals surface area contributed by atoms with Crippen LogP contribution in [0.4, 0.5) is 0 Å². The number of nitriles is 1. The average Bonchev–Trinajstić information content (AvgIpc) is 2.20. The Balaban J connectivity index is 2.39. The van der Waals surface area contributed by atoms with Crippen LogP contribution in [0.3, 0.4) is 0 Å². The number of nitrogens with zero attached hydrogens (tertiary/aromatic N) is 1.